The molecule has 3 aromatic carbocycles. The molecule has 1 amide bonds. The van der Waals surface area contributed by atoms with E-state index in [2.05, 4.69) is 49.4 Å². The fraction of sp³-hybridized carbons (Fsp3) is 0.400. The van der Waals surface area contributed by atoms with Crippen LogP contribution in [0.25, 0.3) is 22.0 Å². The highest BCUT2D eigenvalue weighted by molar-refractivity contribution is 6.36. The molecule has 2 aliphatic rings. The average Bonchev–Trinajstić information content (AvgIpc) is 3.40. The number of nitrogens with two attached hydrogens (primary N) is 1. The van der Waals surface area contributed by atoms with E-state index < -0.39 is 5.54 Å². The van der Waals surface area contributed by atoms with E-state index in [0.717, 1.165) is 92.9 Å². The van der Waals surface area contributed by atoms with Gasteiger partial charge in [-0.2, -0.15) is 0 Å². The van der Waals surface area contributed by atoms with Crippen molar-refractivity contribution >= 4 is 40.0 Å². The zero-order chi connectivity index (χ0) is 31.4. The van der Waals surface area contributed by atoms with Gasteiger partial charge in [0.05, 0.1) is 5.54 Å². The van der Waals surface area contributed by atoms with Crippen molar-refractivity contribution in [3.63, 3.8) is 0 Å². The number of carbonyl (C=O) groups excluding carboxylic acids is 1. The monoisotopic (exact) mass is 650 g/mol. The summed E-state index contributed by atoms with van der Waals surface area (Å²) in [6.45, 7) is 8.24. The molecule has 0 aliphatic carbocycles. The van der Waals surface area contributed by atoms with E-state index in [9.17, 15) is 9.18 Å². The van der Waals surface area contributed by atoms with Crippen molar-refractivity contribution in [3.8, 4) is 11.1 Å². The number of halogens is 3. The lowest BCUT2D eigenvalue weighted by atomic mass is 9.88. The normalized spacial score (nSPS) is 17.5. The van der Waals surface area contributed by atoms with E-state index in [1.807, 2.05) is 30.3 Å². The molecule has 0 bridgehead atoms. The van der Waals surface area contributed by atoms with E-state index in [4.69, 9.17) is 28.9 Å². The second kappa shape index (κ2) is 14.2. The minimum absolute atomic E-state index is 0.0634. The SMILES string of the molecule is NC1(C(=O)NCCCn2cc(-c3ccc(F)cc3)c3cc(CN4CCN(Cc5c(Cl)cccc5Cl)CC4)ccc32)CCNCC1. The lowest BCUT2D eigenvalue weighted by Crippen LogP contribution is -2.59. The Balaban J connectivity index is 1.12. The number of carbonyl (C=O) groups is 1. The summed E-state index contributed by atoms with van der Waals surface area (Å²) in [5.74, 6) is -0.312. The van der Waals surface area contributed by atoms with E-state index in [0.29, 0.717) is 29.4 Å². The van der Waals surface area contributed by atoms with Crippen LogP contribution in [0.1, 0.15) is 30.4 Å². The Morgan fingerprint density at radius 2 is 1.60 bits per heavy atom. The molecule has 1 aromatic heterocycles. The van der Waals surface area contributed by atoms with Crippen molar-refractivity contribution in [2.24, 2.45) is 5.73 Å². The van der Waals surface area contributed by atoms with Crippen LogP contribution in [0, 0.1) is 5.82 Å². The fourth-order valence-electron chi connectivity index (χ4n) is 6.49. The molecule has 4 aromatic rings. The molecule has 0 unspecified atom stereocenters. The van der Waals surface area contributed by atoms with E-state index in [-0.39, 0.29) is 11.7 Å². The van der Waals surface area contributed by atoms with Gasteiger partial charge in [0.15, 0.2) is 0 Å². The van der Waals surface area contributed by atoms with Crippen molar-refractivity contribution in [1.82, 2.24) is 25.0 Å². The van der Waals surface area contributed by atoms with Crippen LogP contribution in [0.5, 0.6) is 0 Å². The van der Waals surface area contributed by atoms with Gasteiger partial charge in [-0.25, -0.2) is 4.39 Å². The van der Waals surface area contributed by atoms with Crippen molar-refractivity contribution in [1.29, 1.82) is 0 Å². The van der Waals surface area contributed by atoms with Crippen molar-refractivity contribution < 1.29 is 9.18 Å². The second-order valence-electron chi connectivity index (χ2n) is 12.4. The van der Waals surface area contributed by atoms with Gasteiger partial charge in [-0.05, 0) is 79.9 Å². The number of amides is 1. The number of hydrogen-bond acceptors (Lipinski definition) is 5. The first kappa shape index (κ1) is 32.0. The van der Waals surface area contributed by atoms with Crippen molar-refractivity contribution in [2.45, 2.75) is 44.4 Å². The molecule has 6 rings (SSSR count). The summed E-state index contributed by atoms with van der Waals surface area (Å²) in [6, 6.07) is 19.0. The third kappa shape index (κ3) is 7.54. The molecule has 2 fully saturated rings. The third-order valence-electron chi connectivity index (χ3n) is 9.22. The van der Waals surface area contributed by atoms with Crippen LogP contribution in [0.4, 0.5) is 4.39 Å². The number of fused-ring (bicyclic) bond motifs is 1. The first-order valence-corrected chi connectivity index (χ1v) is 16.6. The third-order valence-corrected chi connectivity index (χ3v) is 9.93. The number of piperazine rings is 1. The minimum atomic E-state index is -0.784. The summed E-state index contributed by atoms with van der Waals surface area (Å²) in [5.41, 5.74) is 11.0. The molecule has 2 saturated heterocycles. The van der Waals surface area contributed by atoms with Gasteiger partial charge in [-0.15, -0.1) is 0 Å². The summed E-state index contributed by atoms with van der Waals surface area (Å²) >= 11 is 12.8. The molecule has 2 aliphatic heterocycles. The van der Waals surface area contributed by atoms with Gasteiger partial charge < -0.3 is 20.9 Å². The Morgan fingerprint density at radius 1 is 0.933 bits per heavy atom. The molecular formula is C35H41Cl2FN6O. The molecule has 0 spiro atoms. The van der Waals surface area contributed by atoms with Crippen LogP contribution < -0.4 is 16.4 Å². The van der Waals surface area contributed by atoms with Crippen LogP contribution in [0.2, 0.25) is 10.0 Å². The van der Waals surface area contributed by atoms with E-state index in [1.165, 1.54) is 17.7 Å². The number of hydrogen-bond donors (Lipinski definition) is 3. The highest BCUT2D eigenvalue weighted by Crippen LogP contribution is 2.33. The predicted octanol–water partition coefficient (Wildman–Crippen LogP) is 5.66. The van der Waals surface area contributed by atoms with E-state index >= 15 is 0 Å². The number of aryl methyl sites for hydroxylation is 1. The lowest BCUT2D eigenvalue weighted by molar-refractivity contribution is -0.127. The average molecular weight is 652 g/mol. The van der Waals surface area contributed by atoms with Gasteiger partial charge in [-0.3, -0.25) is 14.6 Å². The van der Waals surface area contributed by atoms with Gasteiger partial charge in [0.1, 0.15) is 5.82 Å². The van der Waals surface area contributed by atoms with Crippen LogP contribution in [0.3, 0.4) is 0 Å². The predicted molar refractivity (Wildman–Crippen MR) is 181 cm³/mol. The molecule has 3 heterocycles. The van der Waals surface area contributed by atoms with Gasteiger partial charge in [0.25, 0.3) is 0 Å². The highest BCUT2D eigenvalue weighted by Gasteiger charge is 2.34. The number of nitrogens with one attached hydrogen (secondary N) is 2. The van der Waals surface area contributed by atoms with Crippen molar-refractivity contribution in [3.05, 3.63) is 93.8 Å². The number of aromatic nitrogens is 1. The maximum Gasteiger partial charge on any atom is 0.240 e. The zero-order valence-electron chi connectivity index (χ0n) is 25.5. The van der Waals surface area contributed by atoms with Crippen molar-refractivity contribution in [2.75, 3.05) is 45.8 Å². The standard InChI is InChI=1S/C35H41Cl2FN6O/c36-31-3-1-4-32(37)30(31)23-43-19-17-42(18-20-43)22-25-5-10-33-28(21-25)29(26-6-8-27(38)9-7-26)24-44(33)16-2-13-41-34(45)35(39)11-14-40-15-12-35/h1,3-10,21,24,40H,2,11-20,22-23,39H2,(H,41,45). The summed E-state index contributed by atoms with van der Waals surface area (Å²) in [6.07, 6.45) is 4.23. The fourth-order valence-corrected chi connectivity index (χ4v) is 7.00. The summed E-state index contributed by atoms with van der Waals surface area (Å²) < 4.78 is 16.0. The summed E-state index contributed by atoms with van der Waals surface area (Å²) in [4.78, 5) is 17.7. The molecule has 238 valence electrons. The maximum absolute atomic E-state index is 13.8. The first-order chi connectivity index (χ1) is 21.8. The van der Waals surface area contributed by atoms with Crippen LogP contribution in [0.15, 0.2) is 66.9 Å². The number of piperidine rings is 1. The van der Waals surface area contributed by atoms with Gasteiger partial charge in [-0.1, -0.05) is 47.5 Å². The Hall–Kier alpha value is -2.98. The Kier molecular flexibility index (Phi) is 10.1. The molecule has 7 nitrogen and oxygen atoms in total. The maximum atomic E-state index is 13.8. The first-order valence-electron chi connectivity index (χ1n) is 15.8. The van der Waals surface area contributed by atoms with E-state index in [1.54, 1.807) is 0 Å². The molecule has 0 atom stereocenters. The lowest BCUT2D eigenvalue weighted by Gasteiger charge is -2.35. The Morgan fingerprint density at radius 3 is 2.29 bits per heavy atom. The molecule has 0 radical (unpaired) electrons. The Labute approximate surface area is 274 Å². The number of nitrogens with zero attached hydrogens (tertiary/aromatic N) is 3. The molecule has 45 heavy (non-hydrogen) atoms. The molecule has 4 N–H and O–H groups in total. The van der Waals surface area contributed by atoms with Crippen LogP contribution >= 0.6 is 23.2 Å². The molecule has 0 saturated carbocycles. The van der Waals surface area contributed by atoms with Gasteiger partial charge in [0.2, 0.25) is 5.91 Å². The highest BCUT2D eigenvalue weighted by atomic mass is 35.5. The van der Waals surface area contributed by atoms with Gasteiger partial charge in [0, 0.05) is 90.6 Å². The summed E-state index contributed by atoms with van der Waals surface area (Å²) in [5, 5.41) is 8.90. The topological polar surface area (TPSA) is 78.6 Å². The Bertz CT molecular complexity index is 1610. The van der Waals surface area contributed by atoms with Crippen LogP contribution in [-0.4, -0.2) is 71.6 Å². The molecule has 10 heteroatoms. The zero-order valence-corrected chi connectivity index (χ0v) is 27.0. The quantitative estimate of drug-likeness (QED) is 0.193. The van der Waals surface area contributed by atoms with Crippen LogP contribution in [-0.2, 0) is 24.4 Å². The minimum Gasteiger partial charge on any atom is -0.354 e. The second-order valence-corrected chi connectivity index (χ2v) is 13.2. The smallest absolute Gasteiger partial charge is 0.240 e. The molecular weight excluding hydrogens is 610 g/mol. The van der Waals surface area contributed by atoms with Gasteiger partial charge >= 0.3 is 0 Å². The summed E-state index contributed by atoms with van der Waals surface area (Å²) in [7, 11) is 0. The number of rotatable bonds is 10. The largest absolute Gasteiger partial charge is 0.354 e. The number of benzene rings is 3.